The van der Waals surface area contributed by atoms with Crippen molar-refractivity contribution in [3.63, 3.8) is 0 Å². The van der Waals surface area contributed by atoms with E-state index in [0.717, 1.165) is 12.1 Å². The van der Waals surface area contributed by atoms with Gasteiger partial charge >= 0.3 is 0 Å². The van der Waals surface area contributed by atoms with Gasteiger partial charge < -0.3 is 5.32 Å². The normalized spacial score (nSPS) is 10.1. The van der Waals surface area contributed by atoms with Gasteiger partial charge in [0.2, 0.25) is 5.82 Å². The van der Waals surface area contributed by atoms with Crippen LogP contribution in [0.1, 0.15) is 39.1 Å². The molecule has 0 aliphatic rings. The second kappa shape index (κ2) is 5.32. The molecule has 0 saturated heterocycles. The lowest BCUT2D eigenvalue weighted by Gasteiger charge is -2.19. The van der Waals surface area contributed by atoms with Crippen molar-refractivity contribution in [1.29, 1.82) is 5.26 Å². The third-order valence-corrected chi connectivity index (χ3v) is 1.93. The first-order valence-electron chi connectivity index (χ1n) is 5.40. The number of nitriles is 1. The molecule has 17 heavy (non-hydrogen) atoms. The molecule has 1 rings (SSSR count). The number of hydrogen-bond donors (Lipinski definition) is 1. The van der Waals surface area contributed by atoms with Crippen LogP contribution in [-0.2, 0) is 0 Å². The number of nitrogens with zero attached hydrogens (tertiary/aromatic N) is 3. The maximum atomic E-state index is 8.77. The summed E-state index contributed by atoms with van der Waals surface area (Å²) >= 11 is 0. The van der Waals surface area contributed by atoms with E-state index >= 15 is 0 Å². The minimum absolute atomic E-state index is 0.134. The lowest BCUT2D eigenvalue weighted by molar-refractivity contribution is 0.442. The Labute approximate surface area is 102 Å². The second-order valence-corrected chi connectivity index (χ2v) is 4.86. The smallest absolute Gasteiger partial charge is 0.234 e. The summed E-state index contributed by atoms with van der Waals surface area (Å²) in [7, 11) is 0. The van der Waals surface area contributed by atoms with Crippen molar-refractivity contribution in [3.8, 4) is 17.9 Å². The highest BCUT2D eigenvalue weighted by atomic mass is 15.0. The van der Waals surface area contributed by atoms with Gasteiger partial charge in [0, 0.05) is 12.7 Å². The second-order valence-electron chi connectivity index (χ2n) is 4.86. The minimum Gasteiger partial charge on any atom is -0.368 e. The van der Waals surface area contributed by atoms with Crippen LogP contribution in [0.3, 0.4) is 0 Å². The van der Waals surface area contributed by atoms with Gasteiger partial charge in [-0.15, -0.1) is 5.92 Å². The van der Waals surface area contributed by atoms with Crippen LogP contribution < -0.4 is 5.32 Å². The van der Waals surface area contributed by atoms with Crippen LogP contribution >= 0.6 is 0 Å². The first-order chi connectivity index (χ1) is 7.96. The van der Waals surface area contributed by atoms with Crippen molar-refractivity contribution in [2.24, 2.45) is 5.41 Å². The van der Waals surface area contributed by atoms with E-state index in [1.807, 2.05) is 6.07 Å². The summed E-state index contributed by atoms with van der Waals surface area (Å²) in [5.41, 5.74) is 0.852. The summed E-state index contributed by atoms with van der Waals surface area (Å²) in [4.78, 5) is 8.03. The molecule has 1 N–H and O–H groups in total. The fourth-order valence-corrected chi connectivity index (χ4v) is 1.15. The molecule has 0 aliphatic heterocycles. The molecule has 4 nitrogen and oxygen atoms in total. The van der Waals surface area contributed by atoms with E-state index in [4.69, 9.17) is 5.26 Å². The van der Waals surface area contributed by atoms with Gasteiger partial charge in [-0.2, -0.15) is 5.26 Å². The van der Waals surface area contributed by atoms with E-state index in [1.165, 1.54) is 0 Å². The molecule has 1 aromatic heterocycles. The highest BCUT2D eigenvalue weighted by Gasteiger charge is 2.12. The number of rotatable bonds is 2. The molecule has 0 amide bonds. The van der Waals surface area contributed by atoms with Gasteiger partial charge in [-0.1, -0.05) is 26.7 Å². The molecule has 0 aromatic carbocycles. The summed E-state index contributed by atoms with van der Waals surface area (Å²) in [5, 5.41) is 12.0. The van der Waals surface area contributed by atoms with Crippen LogP contribution in [0.15, 0.2) is 6.20 Å². The SMILES string of the molecule is CC#Cc1cnc(C#N)nc1NCC(C)(C)C. The van der Waals surface area contributed by atoms with Gasteiger partial charge in [0.05, 0.1) is 5.56 Å². The molecule has 1 heterocycles. The lowest BCUT2D eigenvalue weighted by Crippen LogP contribution is -2.20. The Kier molecular flexibility index (Phi) is 4.06. The van der Waals surface area contributed by atoms with Crippen LogP contribution in [0.2, 0.25) is 0 Å². The Morgan fingerprint density at radius 1 is 1.41 bits per heavy atom. The fraction of sp³-hybridized carbons (Fsp3) is 0.462. The fourth-order valence-electron chi connectivity index (χ4n) is 1.15. The maximum Gasteiger partial charge on any atom is 0.234 e. The van der Waals surface area contributed by atoms with Gasteiger partial charge in [0.25, 0.3) is 0 Å². The Bertz CT molecular complexity index is 495. The van der Waals surface area contributed by atoms with E-state index < -0.39 is 0 Å². The largest absolute Gasteiger partial charge is 0.368 e. The Hall–Kier alpha value is -2.07. The summed E-state index contributed by atoms with van der Waals surface area (Å²) in [6.45, 7) is 8.88. The predicted octanol–water partition coefficient (Wildman–Crippen LogP) is 2.18. The summed E-state index contributed by atoms with van der Waals surface area (Å²) in [5.74, 6) is 6.50. The topological polar surface area (TPSA) is 61.6 Å². The van der Waals surface area contributed by atoms with E-state index in [-0.39, 0.29) is 11.2 Å². The molecular weight excluding hydrogens is 212 g/mol. The zero-order valence-electron chi connectivity index (χ0n) is 10.6. The summed E-state index contributed by atoms with van der Waals surface area (Å²) in [6.07, 6.45) is 1.58. The molecule has 0 radical (unpaired) electrons. The quantitative estimate of drug-likeness (QED) is 0.788. The van der Waals surface area contributed by atoms with Crippen molar-refractivity contribution in [1.82, 2.24) is 9.97 Å². The Balaban J connectivity index is 3.01. The van der Waals surface area contributed by atoms with Crippen molar-refractivity contribution in [3.05, 3.63) is 17.6 Å². The van der Waals surface area contributed by atoms with Crippen LogP contribution in [-0.4, -0.2) is 16.5 Å². The van der Waals surface area contributed by atoms with Gasteiger partial charge in [0.1, 0.15) is 11.9 Å². The highest BCUT2D eigenvalue weighted by molar-refractivity contribution is 5.53. The van der Waals surface area contributed by atoms with Crippen LogP contribution in [0.25, 0.3) is 0 Å². The molecule has 0 saturated carbocycles. The first-order valence-corrected chi connectivity index (χ1v) is 5.40. The Morgan fingerprint density at radius 2 is 2.12 bits per heavy atom. The molecule has 0 unspecified atom stereocenters. The van der Waals surface area contributed by atoms with Crippen molar-refractivity contribution in [2.45, 2.75) is 27.7 Å². The average molecular weight is 228 g/mol. The monoisotopic (exact) mass is 228 g/mol. The zero-order valence-corrected chi connectivity index (χ0v) is 10.6. The molecule has 0 aliphatic carbocycles. The highest BCUT2D eigenvalue weighted by Crippen LogP contribution is 2.16. The van der Waals surface area contributed by atoms with Gasteiger partial charge in [-0.25, -0.2) is 9.97 Å². The first kappa shape index (κ1) is 13.0. The number of nitrogens with one attached hydrogen (secondary N) is 1. The molecule has 0 atom stereocenters. The molecule has 1 aromatic rings. The Morgan fingerprint density at radius 3 is 2.65 bits per heavy atom. The summed E-state index contributed by atoms with van der Waals surface area (Å²) < 4.78 is 0. The minimum atomic E-state index is 0.134. The van der Waals surface area contributed by atoms with Gasteiger partial charge in [-0.05, 0) is 12.3 Å². The molecular formula is C13H16N4. The van der Waals surface area contributed by atoms with E-state index in [1.54, 1.807) is 13.1 Å². The standard InChI is InChI=1S/C13H16N4/c1-5-6-10-8-15-11(7-14)17-12(10)16-9-13(2,3)4/h8H,9H2,1-4H3,(H,15,16,17). The summed E-state index contributed by atoms with van der Waals surface area (Å²) in [6, 6.07) is 1.92. The van der Waals surface area contributed by atoms with E-state index in [0.29, 0.717) is 5.82 Å². The van der Waals surface area contributed by atoms with E-state index in [9.17, 15) is 0 Å². The van der Waals surface area contributed by atoms with Crippen molar-refractivity contribution in [2.75, 3.05) is 11.9 Å². The van der Waals surface area contributed by atoms with Gasteiger partial charge in [0.15, 0.2) is 0 Å². The van der Waals surface area contributed by atoms with E-state index in [2.05, 4.69) is 47.9 Å². The van der Waals surface area contributed by atoms with Gasteiger partial charge in [-0.3, -0.25) is 0 Å². The lowest BCUT2D eigenvalue weighted by atomic mass is 9.97. The zero-order chi connectivity index (χ0) is 12.9. The predicted molar refractivity (Wildman–Crippen MR) is 67.2 cm³/mol. The average Bonchev–Trinajstić information content (AvgIpc) is 2.27. The number of anilines is 1. The van der Waals surface area contributed by atoms with Crippen molar-refractivity contribution < 1.29 is 0 Å². The number of aromatic nitrogens is 2. The molecule has 0 fully saturated rings. The maximum absolute atomic E-state index is 8.77. The molecule has 4 heteroatoms. The third-order valence-electron chi connectivity index (χ3n) is 1.93. The van der Waals surface area contributed by atoms with Crippen molar-refractivity contribution >= 4 is 5.82 Å². The number of hydrogen-bond acceptors (Lipinski definition) is 4. The van der Waals surface area contributed by atoms with Crippen LogP contribution in [0.5, 0.6) is 0 Å². The molecule has 88 valence electrons. The third kappa shape index (κ3) is 4.12. The molecule has 0 spiro atoms. The van der Waals surface area contributed by atoms with Crippen LogP contribution in [0, 0.1) is 28.6 Å². The molecule has 0 bridgehead atoms. The van der Waals surface area contributed by atoms with Crippen LogP contribution in [0.4, 0.5) is 5.82 Å².